The molecule has 10 nitrogen and oxygen atoms in total. The van der Waals surface area contributed by atoms with Crippen LogP contribution in [0.1, 0.15) is 46.4 Å². The van der Waals surface area contributed by atoms with Crippen LogP contribution in [0.3, 0.4) is 0 Å². The minimum atomic E-state index is -0.601. The molecule has 2 aliphatic carbocycles. The molecule has 2 heterocycles. The Morgan fingerprint density at radius 2 is 0.875 bits per heavy atom. The molecule has 0 bridgehead atoms. The summed E-state index contributed by atoms with van der Waals surface area (Å²) in [5.74, 6) is -4.29. The summed E-state index contributed by atoms with van der Waals surface area (Å²) in [7, 11) is 0. The zero-order chi connectivity index (χ0) is 22.6. The molecule has 1 aromatic rings. The first-order valence-electron chi connectivity index (χ1n) is 10.5. The van der Waals surface area contributed by atoms with Crippen molar-refractivity contribution in [2.24, 2.45) is 23.7 Å². The van der Waals surface area contributed by atoms with Crippen molar-refractivity contribution in [1.82, 2.24) is 10.6 Å². The van der Waals surface area contributed by atoms with Gasteiger partial charge in [0, 0.05) is 0 Å². The molecular weight excluding hydrogens is 420 g/mol. The highest BCUT2D eigenvalue weighted by Crippen LogP contribution is 2.39. The second-order valence-corrected chi connectivity index (χ2v) is 8.71. The summed E-state index contributed by atoms with van der Waals surface area (Å²) in [6, 6.07) is 5.75. The number of rotatable bonds is 4. The fourth-order valence-corrected chi connectivity index (χ4v) is 5.13. The first-order valence-corrected chi connectivity index (χ1v) is 10.5. The molecule has 10 heteroatoms. The smallest absolute Gasteiger partial charge is 0.338 e. The fourth-order valence-electron chi connectivity index (χ4n) is 5.13. The van der Waals surface area contributed by atoms with Crippen LogP contribution < -0.4 is 10.6 Å². The normalized spacial score (nSPS) is 32.9. The van der Waals surface area contributed by atoms with E-state index in [-0.39, 0.29) is 34.8 Å². The van der Waals surface area contributed by atoms with Crippen LogP contribution in [0.2, 0.25) is 0 Å². The van der Waals surface area contributed by atoms with Crippen LogP contribution in [0.15, 0.2) is 24.3 Å². The number of hydrogen-bond donors (Lipinski definition) is 2. The van der Waals surface area contributed by atoms with Crippen molar-refractivity contribution >= 4 is 35.6 Å². The van der Waals surface area contributed by atoms with Gasteiger partial charge in [-0.3, -0.25) is 29.8 Å². The number of carbonyl (C=O) groups excluding carboxylic acids is 6. The van der Waals surface area contributed by atoms with E-state index in [1.54, 1.807) is 0 Å². The lowest BCUT2D eigenvalue weighted by Crippen LogP contribution is -2.27. The fraction of sp³-hybridized carbons (Fsp3) is 0.455. The summed E-state index contributed by atoms with van der Waals surface area (Å²) in [6.07, 6.45) is 0.201. The Hall–Kier alpha value is -3.56. The Balaban J connectivity index is 1.16. The molecule has 0 spiro atoms. The molecule has 2 aliphatic heterocycles. The van der Waals surface area contributed by atoms with E-state index in [1.165, 1.54) is 24.3 Å². The predicted molar refractivity (Wildman–Crippen MR) is 104 cm³/mol. The number of esters is 2. The summed E-state index contributed by atoms with van der Waals surface area (Å²) in [4.78, 5) is 71.8. The van der Waals surface area contributed by atoms with Crippen LogP contribution in [0, 0.1) is 23.7 Å². The van der Waals surface area contributed by atoms with Gasteiger partial charge in [0.1, 0.15) is 12.2 Å². The molecule has 166 valence electrons. The first kappa shape index (κ1) is 20.3. The van der Waals surface area contributed by atoms with Crippen molar-refractivity contribution in [2.45, 2.75) is 37.9 Å². The molecule has 4 amide bonds. The number of fused-ring (bicyclic) bond motifs is 2. The van der Waals surface area contributed by atoms with Gasteiger partial charge in [-0.25, -0.2) is 9.59 Å². The standard InChI is InChI=1S/C22H20N2O8/c25-17-13-5-11(6-14(13)18(26)23-17)31-21(29)9-1-2-10(4-3-9)22(30)32-12-7-15-16(8-12)20(28)24-19(15)27/h1-4,11-16H,5-8H2,(H,23,25,26)(H,24,27,28). The van der Waals surface area contributed by atoms with E-state index in [1.807, 2.05) is 0 Å². The minimum absolute atomic E-state index is 0.229. The van der Waals surface area contributed by atoms with Gasteiger partial charge in [0.25, 0.3) is 0 Å². The molecular formula is C22H20N2O8. The maximum atomic E-state index is 12.4. The Bertz CT molecular complexity index is 922. The Morgan fingerprint density at radius 1 is 0.594 bits per heavy atom. The molecule has 2 saturated carbocycles. The van der Waals surface area contributed by atoms with Crippen LogP contribution >= 0.6 is 0 Å². The van der Waals surface area contributed by atoms with Crippen LogP contribution in [-0.4, -0.2) is 47.8 Å². The monoisotopic (exact) mass is 440 g/mol. The molecule has 2 N–H and O–H groups in total. The molecule has 5 rings (SSSR count). The highest BCUT2D eigenvalue weighted by Gasteiger charge is 2.50. The van der Waals surface area contributed by atoms with Crippen molar-refractivity contribution in [1.29, 1.82) is 0 Å². The molecule has 4 aliphatic rings. The van der Waals surface area contributed by atoms with E-state index in [9.17, 15) is 28.8 Å². The van der Waals surface area contributed by atoms with Gasteiger partial charge in [-0.1, -0.05) is 0 Å². The third-order valence-electron chi connectivity index (χ3n) is 6.78. The van der Waals surface area contributed by atoms with Crippen molar-refractivity contribution in [3.05, 3.63) is 35.4 Å². The molecule has 0 aromatic heterocycles. The first-order chi connectivity index (χ1) is 15.3. The van der Waals surface area contributed by atoms with E-state index in [4.69, 9.17) is 9.47 Å². The lowest BCUT2D eigenvalue weighted by molar-refractivity contribution is -0.128. The molecule has 4 fully saturated rings. The highest BCUT2D eigenvalue weighted by molar-refractivity contribution is 6.06. The van der Waals surface area contributed by atoms with Crippen molar-refractivity contribution in [3.63, 3.8) is 0 Å². The molecule has 4 atom stereocenters. The largest absolute Gasteiger partial charge is 0.459 e. The van der Waals surface area contributed by atoms with Gasteiger partial charge in [-0.15, -0.1) is 0 Å². The second-order valence-electron chi connectivity index (χ2n) is 8.71. The molecule has 32 heavy (non-hydrogen) atoms. The Morgan fingerprint density at radius 3 is 1.16 bits per heavy atom. The molecule has 4 unspecified atom stereocenters. The van der Waals surface area contributed by atoms with Gasteiger partial charge in [0.15, 0.2) is 0 Å². The third kappa shape index (κ3) is 3.45. The summed E-state index contributed by atoms with van der Waals surface area (Å²) in [5.41, 5.74) is 0.458. The van der Waals surface area contributed by atoms with Crippen LogP contribution in [0.5, 0.6) is 0 Å². The molecule has 1 aromatic carbocycles. The Kier molecular flexibility index (Phi) is 4.79. The van der Waals surface area contributed by atoms with Crippen molar-refractivity contribution in [2.75, 3.05) is 0 Å². The number of ether oxygens (including phenoxy) is 2. The van der Waals surface area contributed by atoms with E-state index in [0.29, 0.717) is 25.7 Å². The number of imide groups is 2. The van der Waals surface area contributed by atoms with Gasteiger partial charge in [-0.05, 0) is 49.9 Å². The van der Waals surface area contributed by atoms with E-state index in [2.05, 4.69) is 10.6 Å². The van der Waals surface area contributed by atoms with Crippen molar-refractivity contribution in [3.8, 4) is 0 Å². The Labute approximate surface area is 182 Å². The lowest BCUT2D eigenvalue weighted by Gasteiger charge is -2.14. The maximum Gasteiger partial charge on any atom is 0.338 e. The zero-order valence-corrected chi connectivity index (χ0v) is 16.9. The van der Waals surface area contributed by atoms with Crippen LogP contribution in [0.4, 0.5) is 0 Å². The zero-order valence-electron chi connectivity index (χ0n) is 16.9. The third-order valence-corrected chi connectivity index (χ3v) is 6.78. The topological polar surface area (TPSA) is 145 Å². The molecule has 0 radical (unpaired) electrons. The highest BCUT2D eigenvalue weighted by atomic mass is 16.5. The van der Waals surface area contributed by atoms with E-state index >= 15 is 0 Å². The maximum absolute atomic E-state index is 12.4. The summed E-state index contributed by atoms with van der Waals surface area (Å²) < 4.78 is 10.9. The number of nitrogens with one attached hydrogen (secondary N) is 2. The summed E-state index contributed by atoms with van der Waals surface area (Å²) in [5, 5.41) is 4.57. The van der Waals surface area contributed by atoms with Gasteiger partial charge >= 0.3 is 11.9 Å². The number of hydrogen-bond acceptors (Lipinski definition) is 8. The number of benzene rings is 1. The van der Waals surface area contributed by atoms with Gasteiger partial charge in [0.2, 0.25) is 23.6 Å². The summed E-state index contributed by atoms with van der Waals surface area (Å²) >= 11 is 0. The summed E-state index contributed by atoms with van der Waals surface area (Å²) in [6.45, 7) is 0. The quantitative estimate of drug-likeness (QED) is 0.495. The van der Waals surface area contributed by atoms with Gasteiger partial charge in [-0.2, -0.15) is 0 Å². The molecule has 2 saturated heterocycles. The number of carbonyl (C=O) groups is 6. The van der Waals surface area contributed by atoms with Gasteiger partial charge in [0.05, 0.1) is 34.8 Å². The average molecular weight is 440 g/mol. The van der Waals surface area contributed by atoms with Crippen LogP contribution in [0.25, 0.3) is 0 Å². The van der Waals surface area contributed by atoms with E-state index in [0.717, 1.165) is 0 Å². The number of amides is 4. The van der Waals surface area contributed by atoms with Crippen LogP contribution in [-0.2, 0) is 28.7 Å². The minimum Gasteiger partial charge on any atom is -0.459 e. The predicted octanol–water partition coefficient (Wildman–Crippen LogP) is 0.103. The van der Waals surface area contributed by atoms with Gasteiger partial charge < -0.3 is 9.47 Å². The van der Waals surface area contributed by atoms with E-state index < -0.39 is 47.8 Å². The lowest BCUT2D eigenvalue weighted by atomic mass is 10.00. The average Bonchev–Trinajstić information content (AvgIpc) is 3.48. The SMILES string of the molecule is O=C(OC1CC2C(=O)NC(=O)C2C1)c1ccc(C(=O)OC2CC3C(=O)NC(=O)C3C2)cc1. The van der Waals surface area contributed by atoms with Crippen molar-refractivity contribution < 1.29 is 38.2 Å². The second kappa shape index (κ2) is 7.54.